The summed E-state index contributed by atoms with van der Waals surface area (Å²) < 4.78 is 0.989. The first-order valence-electron chi connectivity index (χ1n) is 3.42. The second-order valence-corrected chi connectivity index (χ2v) is 6.25. The van der Waals surface area contributed by atoms with Crippen LogP contribution in [0, 0.1) is 10.7 Å². The van der Waals surface area contributed by atoms with E-state index in [1.165, 1.54) is 15.3 Å². The molecule has 0 spiro atoms. The van der Waals surface area contributed by atoms with Gasteiger partial charge in [0.25, 0.3) is 0 Å². The Bertz CT molecular complexity index is 432. The molecular weight excluding hydrogens is 224 g/mol. The molecule has 0 fully saturated rings. The van der Waals surface area contributed by atoms with Gasteiger partial charge in [-0.25, -0.2) is 0 Å². The third-order valence-corrected chi connectivity index (χ3v) is 5.61. The van der Waals surface area contributed by atoms with Gasteiger partial charge in [0.05, 0.1) is 4.88 Å². The van der Waals surface area contributed by atoms with E-state index in [-0.39, 0.29) is 0 Å². The molecule has 2 aromatic heterocycles. The van der Waals surface area contributed by atoms with Crippen LogP contribution in [0.5, 0.6) is 0 Å². The molecule has 0 aromatic carbocycles. The molecule has 0 aliphatic heterocycles. The molecule has 0 N–H and O–H groups in total. The number of rotatable bonds is 1. The van der Waals surface area contributed by atoms with Gasteiger partial charge in [-0.2, -0.15) is 0 Å². The van der Waals surface area contributed by atoms with Gasteiger partial charge < -0.3 is 0 Å². The molecular formula is C8H6S4. The third-order valence-electron chi connectivity index (χ3n) is 1.55. The Morgan fingerprint density at radius 3 is 2.67 bits per heavy atom. The van der Waals surface area contributed by atoms with Crippen LogP contribution in [-0.4, -0.2) is 0 Å². The van der Waals surface area contributed by atoms with Crippen molar-refractivity contribution in [3.05, 3.63) is 26.9 Å². The van der Waals surface area contributed by atoms with Crippen LogP contribution in [0.15, 0.2) is 17.5 Å². The summed E-state index contributed by atoms with van der Waals surface area (Å²) in [6.07, 6.45) is 0. The van der Waals surface area contributed by atoms with E-state index in [2.05, 4.69) is 24.4 Å². The number of hydrogen-bond donors (Lipinski definition) is 0. The zero-order chi connectivity index (χ0) is 8.55. The fourth-order valence-electron chi connectivity index (χ4n) is 0.970. The topological polar surface area (TPSA) is 0 Å². The molecule has 0 bridgehead atoms. The summed E-state index contributed by atoms with van der Waals surface area (Å²) in [6, 6.07) is 4.23. The molecule has 0 aliphatic carbocycles. The molecule has 2 heterocycles. The number of hydrogen-bond acceptors (Lipinski definition) is 4. The van der Waals surface area contributed by atoms with Crippen LogP contribution in [0.4, 0.5) is 0 Å². The van der Waals surface area contributed by atoms with E-state index in [4.69, 9.17) is 12.2 Å². The molecule has 2 rings (SSSR count). The maximum absolute atomic E-state index is 5.08. The standard InChI is InChI=1S/C8H6S4/c1-5-2-3-10-8(5)6-4-7(9)12-11-6/h2-4H,1H3. The van der Waals surface area contributed by atoms with Crippen LogP contribution in [0.1, 0.15) is 5.56 Å². The second kappa shape index (κ2) is 3.38. The van der Waals surface area contributed by atoms with Crippen molar-refractivity contribution in [3.8, 4) is 9.75 Å². The van der Waals surface area contributed by atoms with Gasteiger partial charge in [0, 0.05) is 4.88 Å². The predicted octanol–water partition coefficient (Wildman–Crippen LogP) is 4.58. The summed E-state index contributed by atoms with van der Waals surface area (Å²) in [5.74, 6) is 0. The van der Waals surface area contributed by atoms with E-state index >= 15 is 0 Å². The van der Waals surface area contributed by atoms with Gasteiger partial charge >= 0.3 is 0 Å². The monoisotopic (exact) mass is 230 g/mol. The molecule has 12 heavy (non-hydrogen) atoms. The highest BCUT2D eigenvalue weighted by atomic mass is 32.9. The van der Waals surface area contributed by atoms with Crippen LogP contribution >= 0.6 is 44.2 Å². The molecule has 0 nitrogen and oxygen atoms in total. The largest absolute Gasteiger partial charge is 0.143 e. The van der Waals surface area contributed by atoms with Crippen LogP contribution < -0.4 is 0 Å². The smallest absolute Gasteiger partial charge is 0.102 e. The van der Waals surface area contributed by atoms with Crippen molar-refractivity contribution in [1.82, 2.24) is 0 Å². The Kier molecular flexibility index (Phi) is 2.41. The summed E-state index contributed by atoms with van der Waals surface area (Å²) >= 11 is 6.87. The lowest BCUT2D eigenvalue weighted by Crippen LogP contribution is -1.66. The Hall–Kier alpha value is -0.0300. The lowest BCUT2D eigenvalue weighted by molar-refractivity contribution is 1.56. The maximum Gasteiger partial charge on any atom is 0.102 e. The molecule has 0 aliphatic rings. The number of aryl methyl sites for hydroxylation is 1. The Morgan fingerprint density at radius 2 is 2.17 bits per heavy atom. The van der Waals surface area contributed by atoms with Gasteiger partial charge in [-0.15, -0.1) is 11.3 Å². The van der Waals surface area contributed by atoms with E-state index in [1.54, 1.807) is 32.0 Å². The average Bonchev–Trinajstić information content (AvgIpc) is 2.58. The Labute approximate surface area is 87.5 Å². The summed E-state index contributed by atoms with van der Waals surface area (Å²) in [7, 11) is 3.44. The van der Waals surface area contributed by atoms with Gasteiger partial charge in [0.2, 0.25) is 0 Å². The van der Waals surface area contributed by atoms with Crippen molar-refractivity contribution in [2.24, 2.45) is 0 Å². The summed E-state index contributed by atoms with van der Waals surface area (Å²) in [4.78, 5) is 2.69. The molecule has 0 unspecified atom stereocenters. The average molecular weight is 230 g/mol. The molecule has 2 aromatic rings. The van der Waals surface area contributed by atoms with Crippen molar-refractivity contribution in [2.75, 3.05) is 0 Å². The zero-order valence-electron chi connectivity index (χ0n) is 6.37. The maximum atomic E-state index is 5.08. The fourth-order valence-corrected chi connectivity index (χ4v) is 4.60. The van der Waals surface area contributed by atoms with Crippen LogP contribution in [0.25, 0.3) is 9.75 Å². The van der Waals surface area contributed by atoms with E-state index in [9.17, 15) is 0 Å². The van der Waals surface area contributed by atoms with E-state index in [0.717, 1.165) is 3.82 Å². The predicted molar refractivity (Wildman–Crippen MR) is 61.1 cm³/mol. The molecule has 0 atom stereocenters. The summed E-state index contributed by atoms with van der Waals surface area (Å²) in [5, 5.41) is 2.12. The minimum absolute atomic E-state index is 0.989. The van der Waals surface area contributed by atoms with Gasteiger partial charge in [-0.05, 0) is 30.0 Å². The summed E-state index contributed by atoms with van der Waals surface area (Å²) in [6.45, 7) is 2.14. The zero-order valence-corrected chi connectivity index (χ0v) is 9.63. The fraction of sp³-hybridized carbons (Fsp3) is 0.125. The minimum atomic E-state index is 0.989. The molecule has 62 valence electrons. The Morgan fingerprint density at radius 1 is 1.33 bits per heavy atom. The van der Waals surface area contributed by atoms with Crippen molar-refractivity contribution >= 4 is 44.2 Å². The van der Waals surface area contributed by atoms with Crippen LogP contribution in [0.2, 0.25) is 0 Å². The van der Waals surface area contributed by atoms with Gasteiger partial charge in [0.1, 0.15) is 3.82 Å². The quantitative estimate of drug-likeness (QED) is 0.510. The van der Waals surface area contributed by atoms with Crippen LogP contribution in [-0.2, 0) is 0 Å². The first-order chi connectivity index (χ1) is 5.77. The second-order valence-electron chi connectivity index (χ2n) is 2.43. The summed E-state index contributed by atoms with van der Waals surface area (Å²) in [5.41, 5.74) is 1.35. The van der Waals surface area contributed by atoms with E-state index in [0.29, 0.717) is 0 Å². The first kappa shape index (κ1) is 8.56. The molecule has 0 radical (unpaired) electrons. The first-order valence-corrected chi connectivity index (χ1v) is 6.86. The molecule has 0 saturated heterocycles. The highest BCUT2D eigenvalue weighted by Crippen LogP contribution is 2.35. The lowest BCUT2D eigenvalue weighted by Gasteiger charge is -1.90. The van der Waals surface area contributed by atoms with Gasteiger partial charge in [-0.1, -0.05) is 32.9 Å². The van der Waals surface area contributed by atoms with E-state index < -0.39 is 0 Å². The molecule has 4 heteroatoms. The normalized spacial score (nSPS) is 10.4. The Balaban J connectivity index is 2.57. The van der Waals surface area contributed by atoms with Crippen molar-refractivity contribution in [2.45, 2.75) is 6.92 Å². The van der Waals surface area contributed by atoms with Gasteiger partial charge in [-0.3, -0.25) is 0 Å². The van der Waals surface area contributed by atoms with Crippen molar-refractivity contribution in [1.29, 1.82) is 0 Å². The minimum Gasteiger partial charge on any atom is -0.143 e. The molecule has 0 amide bonds. The van der Waals surface area contributed by atoms with E-state index in [1.807, 2.05) is 0 Å². The van der Waals surface area contributed by atoms with Gasteiger partial charge in [0.15, 0.2) is 0 Å². The third kappa shape index (κ3) is 1.52. The van der Waals surface area contributed by atoms with Crippen molar-refractivity contribution in [3.63, 3.8) is 0 Å². The lowest BCUT2D eigenvalue weighted by atomic mass is 10.3. The highest BCUT2D eigenvalue weighted by molar-refractivity contribution is 7.80. The van der Waals surface area contributed by atoms with Crippen molar-refractivity contribution < 1.29 is 0 Å². The molecule has 0 saturated carbocycles. The highest BCUT2D eigenvalue weighted by Gasteiger charge is 2.04. The number of thiophene rings is 1. The SMILES string of the molecule is Cc1ccsc1-c1cc(=S)ss1. The van der Waals surface area contributed by atoms with Crippen LogP contribution in [0.3, 0.4) is 0 Å².